The Kier molecular flexibility index (Phi) is 4.29. The maximum Gasteiger partial charge on any atom is 0.336 e. The van der Waals surface area contributed by atoms with Crippen molar-refractivity contribution in [2.45, 2.75) is 43.4 Å². The van der Waals surface area contributed by atoms with Crippen LogP contribution in [0.3, 0.4) is 0 Å². The Hall–Kier alpha value is -2.46. The summed E-state index contributed by atoms with van der Waals surface area (Å²) >= 11 is 7.09. The molecule has 29 heavy (non-hydrogen) atoms. The van der Waals surface area contributed by atoms with Crippen LogP contribution < -0.4 is 0 Å². The number of thioether (sulfide) groups is 1. The predicted molar refractivity (Wildman–Crippen MR) is 112 cm³/mol. The fourth-order valence-corrected chi connectivity index (χ4v) is 6.79. The minimum absolute atomic E-state index is 0.0603. The van der Waals surface area contributed by atoms with E-state index in [2.05, 4.69) is 5.16 Å². The fraction of sp³-hybridized carbons (Fsp3) is 0.421. The van der Waals surface area contributed by atoms with Crippen molar-refractivity contribution in [3.63, 3.8) is 0 Å². The highest BCUT2D eigenvalue weighted by Crippen LogP contribution is 2.64. The van der Waals surface area contributed by atoms with E-state index >= 15 is 0 Å². The lowest BCUT2D eigenvalue weighted by atomic mass is 9.73. The van der Waals surface area contributed by atoms with Gasteiger partial charge in [-0.2, -0.15) is 0 Å². The number of fused-ring (bicyclic) bond motifs is 1. The van der Waals surface area contributed by atoms with Gasteiger partial charge in [-0.15, -0.1) is 11.8 Å². The molecule has 0 amide bonds. The van der Waals surface area contributed by atoms with Crippen molar-refractivity contribution in [2.75, 3.05) is 0 Å². The van der Waals surface area contributed by atoms with E-state index in [9.17, 15) is 20.0 Å². The first-order valence-corrected chi connectivity index (χ1v) is 10.3. The number of aliphatic carboxylic acids is 1. The summed E-state index contributed by atoms with van der Waals surface area (Å²) in [7, 11) is 0. The highest BCUT2D eigenvalue weighted by atomic mass is 32.2. The van der Waals surface area contributed by atoms with Crippen molar-refractivity contribution in [3.05, 3.63) is 45.6 Å². The summed E-state index contributed by atoms with van der Waals surface area (Å²) in [6.07, 6.45) is 0. The van der Waals surface area contributed by atoms with Gasteiger partial charge in [0.25, 0.3) is 5.69 Å². The summed E-state index contributed by atoms with van der Waals surface area (Å²) in [5.74, 6) is -0.933. The Labute approximate surface area is 176 Å². The normalized spacial score (nSPS) is 27.4. The number of hydrogen-bond acceptors (Lipinski definition) is 7. The molecule has 0 radical (unpaired) electrons. The van der Waals surface area contributed by atoms with Gasteiger partial charge in [-0.05, 0) is 26.8 Å². The average Bonchev–Trinajstić information content (AvgIpc) is 3.14. The number of carbonyl (C=O) groups is 1. The highest BCUT2D eigenvalue weighted by Gasteiger charge is 2.72. The second-order valence-corrected chi connectivity index (χ2v) is 9.94. The van der Waals surface area contributed by atoms with E-state index in [-0.39, 0.29) is 28.3 Å². The van der Waals surface area contributed by atoms with Gasteiger partial charge in [-0.25, -0.2) is 4.79 Å². The monoisotopic (exact) mass is 433 g/mol. The summed E-state index contributed by atoms with van der Waals surface area (Å²) < 4.78 is 4.73. The van der Waals surface area contributed by atoms with Crippen LogP contribution in [0.2, 0.25) is 0 Å². The van der Waals surface area contributed by atoms with E-state index in [1.165, 1.54) is 6.07 Å². The number of hydrogen-bond donors (Lipinski definition) is 1. The zero-order valence-corrected chi connectivity index (χ0v) is 17.8. The fourth-order valence-electron chi connectivity index (χ4n) is 4.49. The first-order valence-electron chi connectivity index (χ1n) is 9.00. The van der Waals surface area contributed by atoms with Crippen LogP contribution in [0.5, 0.6) is 0 Å². The number of carboxylic acids is 1. The van der Waals surface area contributed by atoms with Crippen LogP contribution in [0.25, 0.3) is 11.3 Å². The Balaban J connectivity index is 2.05. The standard InChI is InChI=1S/C19H19N3O5S2/c1-9-15(28)21-16(9)29-18(3,4)19(21,17(23)24)13-10(2)20-27-14(13)11-7-5-6-8-12(11)22(25)26/h5-9,16H,1-4H3,(H,23,24)/t9-,16-,19+/m1/s1. The van der Waals surface area contributed by atoms with E-state index in [4.69, 9.17) is 16.7 Å². The molecule has 1 aromatic carbocycles. The van der Waals surface area contributed by atoms with E-state index in [1.807, 2.05) is 20.8 Å². The number of nitro groups is 1. The number of aromatic nitrogens is 1. The number of nitro benzene ring substituents is 1. The Morgan fingerprint density at radius 2 is 2.07 bits per heavy atom. The van der Waals surface area contributed by atoms with Gasteiger partial charge in [0.05, 0.1) is 36.9 Å². The van der Waals surface area contributed by atoms with Gasteiger partial charge >= 0.3 is 5.97 Å². The van der Waals surface area contributed by atoms with E-state index < -0.39 is 21.2 Å². The molecular weight excluding hydrogens is 414 g/mol. The van der Waals surface area contributed by atoms with Gasteiger partial charge in [0, 0.05) is 12.0 Å². The number of rotatable bonds is 4. The molecule has 8 nitrogen and oxygen atoms in total. The molecule has 2 saturated heterocycles. The smallest absolute Gasteiger partial charge is 0.336 e. The number of carboxylic acid groups (broad SMARTS) is 1. The summed E-state index contributed by atoms with van der Waals surface area (Å²) in [6.45, 7) is 7.35. The Morgan fingerprint density at radius 1 is 1.41 bits per heavy atom. The molecule has 152 valence electrons. The van der Waals surface area contributed by atoms with Gasteiger partial charge in [0.15, 0.2) is 11.3 Å². The molecule has 2 fully saturated rings. The first kappa shape index (κ1) is 19.8. The molecule has 10 heteroatoms. The first-order chi connectivity index (χ1) is 13.6. The third-order valence-electron chi connectivity index (χ3n) is 5.84. The SMILES string of the molecule is Cc1noc(-c2ccccc2[N+](=O)[O-])c1[C@@]1(C(=O)O)N2C(=S)[C@@H](C)[C@H]2SC1(C)C. The topological polar surface area (TPSA) is 110 Å². The third kappa shape index (κ3) is 2.35. The number of aryl methyl sites for hydroxylation is 1. The molecule has 0 aliphatic carbocycles. The molecule has 1 N–H and O–H groups in total. The average molecular weight is 434 g/mol. The molecule has 0 spiro atoms. The Bertz CT molecular complexity index is 1070. The van der Waals surface area contributed by atoms with Crippen LogP contribution in [0, 0.1) is 23.0 Å². The number of para-hydroxylation sites is 1. The predicted octanol–water partition coefficient (Wildman–Crippen LogP) is 3.97. The molecule has 2 aliphatic rings. The molecular formula is C19H19N3O5S2. The molecule has 0 unspecified atom stereocenters. The maximum atomic E-state index is 12.9. The second kappa shape index (κ2) is 6.27. The van der Waals surface area contributed by atoms with Gasteiger partial charge in [-0.1, -0.05) is 36.4 Å². The Morgan fingerprint density at radius 3 is 2.69 bits per heavy atom. The van der Waals surface area contributed by atoms with E-state index in [0.29, 0.717) is 16.2 Å². The lowest BCUT2D eigenvalue weighted by Gasteiger charge is -2.51. The zero-order chi connectivity index (χ0) is 21.3. The van der Waals surface area contributed by atoms with Gasteiger partial charge in [0.1, 0.15) is 0 Å². The van der Waals surface area contributed by atoms with Crippen molar-refractivity contribution in [2.24, 2.45) is 5.92 Å². The van der Waals surface area contributed by atoms with Crippen molar-refractivity contribution in [1.82, 2.24) is 10.1 Å². The molecule has 3 atom stereocenters. The van der Waals surface area contributed by atoms with Crippen molar-refractivity contribution in [3.8, 4) is 11.3 Å². The van der Waals surface area contributed by atoms with Crippen molar-refractivity contribution < 1.29 is 19.3 Å². The van der Waals surface area contributed by atoms with Gasteiger partial charge in [0.2, 0.25) is 0 Å². The van der Waals surface area contributed by atoms with Crippen LogP contribution in [-0.2, 0) is 10.3 Å². The highest BCUT2D eigenvalue weighted by molar-refractivity contribution is 8.01. The minimum atomic E-state index is -1.56. The third-order valence-corrected chi connectivity index (χ3v) is 8.15. The van der Waals surface area contributed by atoms with Crippen LogP contribution in [0.1, 0.15) is 32.0 Å². The summed E-state index contributed by atoms with van der Waals surface area (Å²) in [5.41, 5.74) is -0.858. The van der Waals surface area contributed by atoms with Crippen molar-refractivity contribution >= 4 is 40.6 Å². The van der Waals surface area contributed by atoms with E-state index in [0.717, 1.165) is 0 Å². The lowest BCUT2D eigenvalue weighted by molar-refractivity contribution is -0.384. The quantitative estimate of drug-likeness (QED) is 0.435. The van der Waals surface area contributed by atoms with Gasteiger partial charge in [-0.3, -0.25) is 10.1 Å². The van der Waals surface area contributed by atoms with Crippen LogP contribution >= 0.6 is 24.0 Å². The molecule has 1 aromatic heterocycles. The molecule has 0 saturated carbocycles. The number of nitrogens with zero attached hydrogens (tertiary/aromatic N) is 3. The summed E-state index contributed by atoms with van der Waals surface area (Å²) in [5, 5.41) is 26.1. The van der Waals surface area contributed by atoms with Crippen LogP contribution in [-0.4, -0.2) is 41.2 Å². The second-order valence-electron chi connectivity index (χ2n) is 7.78. The lowest BCUT2D eigenvalue weighted by Crippen LogP contribution is -2.67. The molecule has 3 heterocycles. The van der Waals surface area contributed by atoms with Crippen LogP contribution in [0.15, 0.2) is 28.8 Å². The maximum absolute atomic E-state index is 12.9. The molecule has 2 aromatic rings. The van der Waals surface area contributed by atoms with Crippen LogP contribution in [0.4, 0.5) is 5.69 Å². The summed E-state index contributed by atoms with van der Waals surface area (Å²) in [4.78, 5) is 26.3. The van der Waals surface area contributed by atoms with Crippen molar-refractivity contribution in [1.29, 1.82) is 0 Å². The number of benzene rings is 1. The molecule has 2 aliphatic heterocycles. The number of thiocarbonyl (C=S) groups is 1. The van der Waals surface area contributed by atoms with E-state index in [1.54, 1.807) is 41.8 Å². The molecule has 4 rings (SSSR count). The largest absolute Gasteiger partial charge is 0.479 e. The minimum Gasteiger partial charge on any atom is -0.479 e. The molecule has 0 bridgehead atoms. The zero-order valence-electron chi connectivity index (χ0n) is 16.2. The van der Waals surface area contributed by atoms with Gasteiger partial charge < -0.3 is 14.5 Å². The summed E-state index contributed by atoms with van der Waals surface area (Å²) in [6, 6.07) is 6.10.